The van der Waals surface area contributed by atoms with Gasteiger partial charge < -0.3 is 19.3 Å². The summed E-state index contributed by atoms with van der Waals surface area (Å²) >= 11 is 0. The van der Waals surface area contributed by atoms with E-state index in [0.717, 1.165) is 17.7 Å². The van der Waals surface area contributed by atoms with E-state index in [1.54, 1.807) is 23.8 Å². The Morgan fingerprint density at radius 3 is 2.31 bits per heavy atom. The zero-order valence-electron chi connectivity index (χ0n) is 20.2. The molecule has 1 heterocycles. The largest absolute Gasteiger partial charge is 0.494 e. The molecule has 0 radical (unpaired) electrons. The van der Waals surface area contributed by atoms with Crippen molar-refractivity contribution in [2.75, 3.05) is 26.8 Å². The van der Waals surface area contributed by atoms with Crippen molar-refractivity contribution in [3.05, 3.63) is 65.2 Å². The molecule has 0 bridgehead atoms. The summed E-state index contributed by atoms with van der Waals surface area (Å²) in [7, 11) is 1.72. The van der Waals surface area contributed by atoms with Gasteiger partial charge in [-0.25, -0.2) is 4.79 Å². The molecule has 6 nitrogen and oxygen atoms in total. The molecule has 0 aliphatic carbocycles. The third-order valence-electron chi connectivity index (χ3n) is 6.08. The molecule has 0 N–H and O–H groups in total. The van der Waals surface area contributed by atoms with E-state index in [1.807, 2.05) is 31.2 Å². The van der Waals surface area contributed by atoms with Crippen LogP contribution in [0.4, 0.5) is 18.0 Å². The number of hydrogen-bond acceptors (Lipinski definition) is 4. The molecule has 2 atom stereocenters. The minimum absolute atomic E-state index is 0.0540. The van der Waals surface area contributed by atoms with Crippen LogP contribution < -0.4 is 4.74 Å². The van der Waals surface area contributed by atoms with Crippen molar-refractivity contribution >= 4 is 12.0 Å². The van der Waals surface area contributed by atoms with E-state index >= 15 is 0 Å². The van der Waals surface area contributed by atoms with Crippen LogP contribution in [0.25, 0.3) is 0 Å². The smallest absolute Gasteiger partial charge is 0.416 e. The van der Waals surface area contributed by atoms with E-state index in [9.17, 15) is 22.8 Å². The Morgan fingerprint density at radius 2 is 1.71 bits per heavy atom. The first-order valence-electron chi connectivity index (χ1n) is 11.6. The summed E-state index contributed by atoms with van der Waals surface area (Å²) in [5.74, 6) is 0.268. The van der Waals surface area contributed by atoms with Gasteiger partial charge in [-0.15, -0.1) is 0 Å². The van der Waals surface area contributed by atoms with Crippen LogP contribution in [0.2, 0.25) is 0 Å². The highest BCUT2D eigenvalue weighted by atomic mass is 19.4. The number of ether oxygens (including phenoxy) is 2. The van der Waals surface area contributed by atoms with Crippen LogP contribution in [0.3, 0.4) is 0 Å². The molecular weight excluding hydrogens is 461 g/mol. The molecule has 3 rings (SSSR count). The van der Waals surface area contributed by atoms with Crippen molar-refractivity contribution in [2.24, 2.45) is 5.92 Å². The fourth-order valence-corrected chi connectivity index (χ4v) is 4.03. The summed E-state index contributed by atoms with van der Waals surface area (Å²) in [5.41, 5.74) is 0.953. The molecule has 2 aromatic carbocycles. The Bertz CT molecular complexity index is 993. The summed E-state index contributed by atoms with van der Waals surface area (Å²) in [6.07, 6.45) is -3.18. The lowest BCUT2D eigenvalue weighted by Gasteiger charge is -2.18. The standard InChI is InChI=1S/C26H31F3N2O4/c1-4-34-24(32)18(2)15-19-7-11-23(12-8-19)35-14-13-22-17-31(25(33)30(22)3)16-20-5-9-21(10-6-20)26(27,28)29/h5-12,18,22H,4,13-17H2,1-3H3. The van der Waals surface area contributed by atoms with Crippen LogP contribution in [0.15, 0.2) is 48.5 Å². The Hall–Kier alpha value is -3.23. The number of nitrogens with zero attached hydrogens (tertiary/aromatic N) is 2. The number of alkyl halides is 3. The average molecular weight is 493 g/mol. The molecule has 190 valence electrons. The van der Waals surface area contributed by atoms with Gasteiger partial charge in [-0.2, -0.15) is 13.2 Å². The summed E-state index contributed by atoms with van der Waals surface area (Å²) in [6, 6.07) is 12.2. The molecule has 1 aliphatic heterocycles. The van der Waals surface area contributed by atoms with E-state index in [0.29, 0.717) is 43.9 Å². The van der Waals surface area contributed by atoms with Gasteiger partial charge in [-0.1, -0.05) is 31.2 Å². The third kappa shape index (κ3) is 7.13. The fraction of sp³-hybridized carbons (Fsp3) is 0.462. The first kappa shape index (κ1) is 26.4. The highest BCUT2D eigenvalue weighted by Crippen LogP contribution is 2.29. The number of carbonyl (C=O) groups excluding carboxylic acids is 2. The van der Waals surface area contributed by atoms with Crippen molar-refractivity contribution in [1.82, 2.24) is 9.80 Å². The molecule has 0 saturated carbocycles. The van der Waals surface area contributed by atoms with Gasteiger partial charge in [0, 0.05) is 26.6 Å². The van der Waals surface area contributed by atoms with Gasteiger partial charge in [0.1, 0.15) is 5.75 Å². The zero-order chi connectivity index (χ0) is 25.6. The van der Waals surface area contributed by atoms with Crippen LogP contribution in [0.5, 0.6) is 5.75 Å². The van der Waals surface area contributed by atoms with E-state index in [-0.39, 0.29) is 30.5 Å². The maximum absolute atomic E-state index is 12.8. The quantitative estimate of drug-likeness (QED) is 0.431. The van der Waals surface area contributed by atoms with Crippen molar-refractivity contribution < 1.29 is 32.2 Å². The monoisotopic (exact) mass is 492 g/mol. The lowest BCUT2D eigenvalue weighted by atomic mass is 10.0. The first-order chi connectivity index (χ1) is 16.6. The number of benzene rings is 2. The minimum Gasteiger partial charge on any atom is -0.494 e. The molecule has 35 heavy (non-hydrogen) atoms. The SMILES string of the molecule is CCOC(=O)C(C)Cc1ccc(OCCC2CN(Cc3ccc(C(F)(F)F)cc3)C(=O)N2C)cc1. The summed E-state index contributed by atoms with van der Waals surface area (Å²) in [5, 5.41) is 0. The van der Waals surface area contributed by atoms with E-state index in [2.05, 4.69) is 0 Å². The van der Waals surface area contributed by atoms with E-state index in [4.69, 9.17) is 9.47 Å². The second kappa shape index (κ2) is 11.5. The average Bonchev–Trinajstić information content (AvgIpc) is 3.08. The van der Waals surface area contributed by atoms with Gasteiger partial charge in [-0.05, 0) is 48.7 Å². The number of hydrogen-bond donors (Lipinski definition) is 0. The molecule has 2 amide bonds. The van der Waals surface area contributed by atoms with Crippen molar-refractivity contribution in [3.63, 3.8) is 0 Å². The number of amides is 2. The van der Waals surface area contributed by atoms with Crippen molar-refractivity contribution in [2.45, 2.75) is 45.5 Å². The number of urea groups is 1. The minimum atomic E-state index is -4.38. The van der Waals surface area contributed by atoms with Crippen molar-refractivity contribution in [1.29, 1.82) is 0 Å². The van der Waals surface area contributed by atoms with Gasteiger partial charge >= 0.3 is 18.2 Å². The van der Waals surface area contributed by atoms with E-state index in [1.165, 1.54) is 12.1 Å². The lowest BCUT2D eigenvalue weighted by molar-refractivity contribution is -0.147. The van der Waals surface area contributed by atoms with Crippen molar-refractivity contribution in [3.8, 4) is 5.75 Å². The maximum Gasteiger partial charge on any atom is 0.416 e. The Kier molecular flexibility index (Phi) is 8.64. The first-order valence-corrected chi connectivity index (χ1v) is 11.6. The molecule has 2 unspecified atom stereocenters. The lowest BCUT2D eigenvalue weighted by Crippen LogP contribution is -2.31. The van der Waals surface area contributed by atoms with Crippen LogP contribution in [0.1, 0.15) is 37.0 Å². The number of likely N-dealkylation sites (N-methyl/N-ethyl adjacent to an activating group) is 1. The maximum atomic E-state index is 12.8. The Morgan fingerprint density at radius 1 is 1.09 bits per heavy atom. The number of halogens is 3. The highest BCUT2D eigenvalue weighted by molar-refractivity contribution is 5.77. The molecule has 1 aliphatic rings. The van der Waals surface area contributed by atoms with Crippen LogP contribution >= 0.6 is 0 Å². The predicted molar refractivity (Wildman–Crippen MR) is 125 cm³/mol. The number of esters is 1. The topological polar surface area (TPSA) is 59.1 Å². The van der Waals surface area contributed by atoms with Crippen LogP contribution in [-0.2, 0) is 28.7 Å². The molecule has 2 aromatic rings. The summed E-state index contributed by atoms with van der Waals surface area (Å²) < 4.78 is 49.1. The summed E-state index contributed by atoms with van der Waals surface area (Å²) in [6.45, 7) is 5.13. The number of carbonyl (C=O) groups is 2. The fourth-order valence-electron chi connectivity index (χ4n) is 4.03. The predicted octanol–water partition coefficient (Wildman–Crippen LogP) is 5.15. The normalized spacial score (nSPS) is 17.0. The molecule has 0 aromatic heterocycles. The summed E-state index contributed by atoms with van der Waals surface area (Å²) in [4.78, 5) is 27.7. The van der Waals surface area contributed by atoms with E-state index < -0.39 is 11.7 Å². The Balaban J connectivity index is 1.46. The van der Waals surface area contributed by atoms with Gasteiger partial charge in [0.25, 0.3) is 0 Å². The zero-order valence-corrected chi connectivity index (χ0v) is 20.2. The molecule has 1 saturated heterocycles. The second-order valence-electron chi connectivity index (χ2n) is 8.76. The molecule has 0 spiro atoms. The van der Waals surface area contributed by atoms with Gasteiger partial charge in [0.2, 0.25) is 0 Å². The molecular formula is C26H31F3N2O4. The second-order valence-corrected chi connectivity index (χ2v) is 8.76. The van der Waals surface area contributed by atoms with Gasteiger partial charge in [-0.3, -0.25) is 4.79 Å². The molecule has 9 heteroatoms. The third-order valence-corrected chi connectivity index (χ3v) is 6.08. The molecule has 1 fully saturated rings. The Labute approximate surface area is 203 Å². The number of rotatable bonds is 10. The van der Waals surface area contributed by atoms with Gasteiger partial charge in [0.15, 0.2) is 0 Å². The van der Waals surface area contributed by atoms with Crippen LogP contribution in [-0.4, -0.2) is 54.6 Å². The van der Waals surface area contributed by atoms with Gasteiger partial charge in [0.05, 0.1) is 30.7 Å². The van der Waals surface area contributed by atoms with Crippen LogP contribution in [0, 0.1) is 5.92 Å². The highest BCUT2D eigenvalue weighted by Gasteiger charge is 2.34.